The number of thioether (sulfide) groups is 1. The molecule has 1 saturated heterocycles. The molecule has 0 radical (unpaired) electrons. The first-order valence-electron chi connectivity index (χ1n) is 35.9. The summed E-state index contributed by atoms with van der Waals surface area (Å²) in [5, 5.41) is 17.8. The van der Waals surface area contributed by atoms with Crippen molar-refractivity contribution in [1.29, 1.82) is 0 Å². The number of hydrogen-bond acceptors (Lipinski definition) is 30. The highest BCUT2D eigenvalue weighted by Crippen LogP contribution is 2.28. The number of Topliss-reactive ketones (excluding diaryl/α,β-unsaturated/α-hetero) is 1. The minimum Gasteiger partial charge on any atom is -0.493 e. The quantitative estimate of drug-likeness (QED) is 0.0246. The molecule has 1 aromatic heterocycles. The topological polar surface area (TPSA) is 437 Å². The number of pyridine rings is 1. The predicted octanol–water partition coefficient (Wildman–Crippen LogP) is -1.65. The second kappa shape index (κ2) is 61.8. The summed E-state index contributed by atoms with van der Waals surface area (Å²) in [6.07, 6.45) is 2.28. The molecule has 3 aromatic rings. The van der Waals surface area contributed by atoms with Crippen molar-refractivity contribution in [2.24, 2.45) is 0 Å². The molecule has 612 valence electrons. The van der Waals surface area contributed by atoms with E-state index >= 15 is 0 Å². The fourth-order valence-corrected chi connectivity index (χ4v) is 9.80. The van der Waals surface area contributed by atoms with Crippen LogP contribution in [0.15, 0.2) is 48.7 Å². The van der Waals surface area contributed by atoms with Crippen LogP contribution < -0.4 is 51.4 Å². The summed E-state index contributed by atoms with van der Waals surface area (Å²) in [5.41, 5.74) is 1.36. The zero-order valence-electron chi connectivity index (χ0n) is 62.6. The number of amides is 8. The first kappa shape index (κ1) is 93.5. The summed E-state index contributed by atoms with van der Waals surface area (Å²) >= 11 is 0.815. The maximum absolute atomic E-state index is 13.3. The van der Waals surface area contributed by atoms with Crippen molar-refractivity contribution in [3.05, 3.63) is 59.8 Å². The molecule has 7 N–H and O–H groups in total. The zero-order chi connectivity index (χ0) is 78.4. The van der Waals surface area contributed by atoms with E-state index in [4.69, 9.17) is 85.3 Å². The Kier molecular flexibility index (Phi) is 53.0. The third kappa shape index (κ3) is 45.8. The van der Waals surface area contributed by atoms with E-state index in [-0.39, 0.29) is 88.0 Å². The van der Waals surface area contributed by atoms with Crippen LogP contribution in [0.1, 0.15) is 35.7 Å². The van der Waals surface area contributed by atoms with Gasteiger partial charge in [-0.15, -0.1) is 0 Å². The predicted molar refractivity (Wildman–Crippen MR) is 391 cm³/mol. The summed E-state index contributed by atoms with van der Waals surface area (Å²) in [5.74, 6) is -3.83. The lowest BCUT2D eigenvalue weighted by atomic mass is 10.1. The van der Waals surface area contributed by atoms with Crippen LogP contribution in [0.4, 0.5) is 0 Å². The Morgan fingerprint density at radius 3 is 1.28 bits per heavy atom. The van der Waals surface area contributed by atoms with Gasteiger partial charge < -0.3 is 127 Å². The Labute approximate surface area is 638 Å². The van der Waals surface area contributed by atoms with E-state index < -0.39 is 59.7 Å². The molecule has 1 fully saturated rings. The average molecular weight is 1570 g/mol. The number of fused-ring (bicyclic) bond motifs is 1. The lowest BCUT2D eigenvalue weighted by Gasteiger charge is -2.23. The van der Waals surface area contributed by atoms with Crippen molar-refractivity contribution in [2.45, 2.75) is 32.4 Å². The van der Waals surface area contributed by atoms with Crippen molar-refractivity contribution in [1.82, 2.24) is 47.1 Å². The van der Waals surface area contributed by atoms with Crippen LogP contribution in [-0.4, -0.2) is 345 Å². The van der Waals surface area contributed by atoms with Gasteiger partial charge in [-0.05, 0) is 48.7 Å². The van der Waals surface area contributed by atoms with Crippen LogP contribution >= 0.6 is 11.8 Å². The van der Waals surface area contributed by atoms with E-state index in [0.29, 0.717) is 232 Å². The molecule has 1 atom stereocenters. The van der Waals surface area contributed by atoms with Gasteiger partial charge in [0.05, 0.1) is 255 Å². The molecule has 8 amide bonds. The fourth-order valence-electron chi connectivity index (χ4n) is 9.37. The number of hydrogen-bond donors (Lipinski definition) is 7. The maximum Gasteiger partial charge on any atom is 0.289 e. The number of nitrogens with one attached hydrogen (secondary N) is 7. The molecule has 1 aliphatic rings. The standard InChI is InChI=1S/C71H109N9O28S/c1-54(81)109-53-67(86)77-50-65(84)76-49-64(83)75-48-63(82)73-12-15-93-17-19-95-21-23-97-25-27-99-29-31-101-33-35-103-37-39-105-41-43-107-44-42-106-40-38-104-36-34-102-32-30-100-28-26-98-24-22-96-20-18-94-16-13-74-66(85)52-108-56-7-8-57-58(10-11-72-59(57)46-56)70(89)79-51-68(87)80-14-4-5-60(80)69(88)71(90)78-47-55-6-9-61(91-2)62(45-55)92-3/h6-11,45-46,60H,4-5,12-44,47-53H2,1-3H3,(H,73,82)(H,74,85)(H,75,83)(H,76,84)(H,77,86)(H,78,90)(H,79,89)/t60-/m0/s1. The van der Waals surface area contributed by atoms with Gasteiger partial charge in [0.2, 0.25) is 35.3 Å². The number of ether oxygens (including phenoxy) is 18. The Hall–Kier alpha value is -7.90. The van der Waals surface area contributed by atoms with Gasteiger partial charge in [0.15, 0.2) is 23.2 Å². The smallest absolute Gasteiger partial charge is 0.289 e. The van der Waals surface area contributed by atoms with Gasteiger partial charge in [-0.25, -0.2) is 0 Å². The van der Waals surface area contributed by atoms with Crippen LogP contribution in [0.5, 0.6) is 17.2 Å². The Morgan fingerprint density at radius 2 is 0.853 bits per heavy atom. The molecular formula is C71H109N9O28S. The highest BCUT2D eigenvalue weighted by molar-refractivity contribution is 8.14. The highest BCUT2D eigenvalue weighted by atomic mass is 32.2. The van der Waals surface area contributed by atoms with Gasteiger partial charge in [0.25, 0.3) is 17.7 Å². The summed E-state index contributed by atoms with van der Waals surface area (Å²) in [7, 11) is 3.00. The number of benzene rings is 2. The largest absolute Gasteiger partial charge is 0.493 e. The Bertz CT molecular complexity index is 3110. The molecule has 0 aliphatic carbocycles. The number of ketones is 1. The van der Waals surface area contributed by atoms with Crippen molar-refractivity contribution in [3.63, 3.8) is 0 Å². The molecule has 4 rings (SSSR count). The number of carbonyl (C=O) groups is 10. The van der Waals surface area contributed by atoms with Gasteiger partial charge in [-0.3, -0.25) is 52.9 Å². The SMILES string of the molecule is COc1ccc(CNC(=O)C(=O)[C@@H]2CCCN2C(=O)CNC(=O)c2ccnc3cc(OCC(=O)NCCOCCOCCOCCOCCOCCOCCOCCOCCOCCOCCOCCOCCOCCOCCOCCNC(=O)CNC(=O)CNC(=O)CNC(=O)CSC(C)=O)ccc23)cc1OC. The first-order chi connectivity index (χ1) is 53.2. The lowest BCUT2D eigenvalue weighted by molar-refractivity contribution is -0.144. The molecule has 0 bridgehead atoms. The molecular weight excluding hydrogens is 1460 g/mol. The normalized spacial score (nSPS) is 12.5. The third-order valence-electron chi connectivity index (χ3n) is 14.8. The number of likely N-dealkylation sites (tertiary alicyclic amines) is 1. The average Bonchev–Trinajstić information content (AvgIpc) is 1.79. The summed E-state index contributed by atoms with van der Waals surface area (Å²) in [6, 6.07) is 10.5. The Balaban J connectivity index is 0.793. The van der Waals surface area contributed by atoms with Gasteiger partial charge >= 0.3 is 0 Å². The molecule has 0 saturated carbocycles. The number of aromatic nitrogens is 1. The molecule has 2 heterocycles. The van der Waals surface area contributed by atoms with E-state index in [1.807, 2.05) is 0 Å². The summed E-state index contributed by atoms with van der Waals surface area (Å²) in [4.78, 5) is 129. The minimum atomic E-state index is -0.955. The first-order valence-corrected chi connectivity index (χ1v) is 36.9. The maximum atomic E-state index is 13.3. The van der Waals surface area contributed by atoms with Crippen LogP contribution in [-0.2, 0) is 121 Å². The van der Waals surface area contributed by atoms with Crippen molar-refractivity contribution in [2.75, 3.05) is 271 Å². The van der Waals surface area contributed by atoms with E-state index in [1.54, 1.807) is 36.4 Å². The lowest BCUT2D eigenvalue weighted by Crippen LogP contribution is -2.49. The van der Waals surface area contributed by atoms with Crippen LogP contribution in [0.2, 0.25) is 0 Å². The number of methoxy groups -OCH3 is 2. The van der Waals surface area contributed by atoms with Crippen LogP contribution in [0.3, 0.4) is 0 Å². The van der Waals surface area contributed by atoms with Gasteiger partial charge in [0, 0.05) is 50.8 Å². The molecule has 0 unspecified atom stereocenters. The molecule has 0 spiro atoms. The number of nitrogens with zero attached hydrogens (tertiary/aromatic N) is 2. The van der Waals surface area contributed by atoms with Crippen LogP contribution in [0.25, 0.3) is 10.9 Å². The van der Waals surface area contributed by atoms with Crippen molar-refractivity contribution >= 4 is 80.8 Å². The van der Waals surface area contributed by atoms with Gasteiger partial charge in [0.1, 0.15) is 11.8 Å². The zero-order valence-corrected chi connectivity index (χ0v) is 63.4. The van der Waals surface area contributed by atoms with Gasteiger partial charge in [-0.1, -0.05) is 17.8 Å². The van der Waals surface area contributed by atoms with Crippen LogP contribution in [0, 0.1) is 0 Å². The molecule has 38 heteroatoms. The molecule has 109 heavy (non-hydrogen) atoms. The van der Waals surface area contributed by atoms with Crippen molar-refractivity contribution in [3.8, 4) is 17.2 Å². The summed E-state index contributed by atoms with van der Waals surface area (Å²) < 4.78 is 98.8. The summed E-state index contributed by atoms with van der Waals surface area (Å²) in [6.45, 7) is 12.5. The van der Waals surface area contributed by atoms with Gasteiger partial charge in [-0.2, -0.15) is 0 Å². The second-order valence-corrected chi connectivity index (χ2v) is 24.1. The highest BCUT2D eigenvalue weighted by Gasteiger charge is 2.37. The molecule has 2 aromatic carbocycles. The third-order valence-corrected chi connectivity index (χ3v) is 15.6. The van der Waals surface area contributed by atoms with E-state index in [9.17, 15) is 47.9 Å². The monoisotopic (exact) mass is 1570 g/mol. The van der Waals surface area contributed by atoms with Crippen molar-refractivity contribution < 1.29 is 133 Å². The molecule has 1 aliphatic heterocycles. The second-order valence-electron chi connectivity index (χ2n) is 23.0. The number of rotatable bonds is 68. The van der Waals surface area contributed by atoms with E-state index in [1.165, 1.54) is 38.3 Å². The fraction of sp³-hybridized carbons (Fsp3) is 0.648. The Morgan fingerprint density at radius 1 is 0.440 bits per heavy atom. The minimum absolute atomic E-state index is 0.0595. The van der Waals surface area contributed by atoms with E-state index in [0.717, 1.165) is 11.8 Å². The molecule has 37 nitrogen and oxygen atoms in total. The number of carbonyl (C=O) groups excluding carboxylic acids is 10. The van der Waals surface area contributed by atoms with E-state index in [2.05, 4.69) is 42.2 Å².